The van der Waals surface area contributed by atoms with Gasteiger partial charge in [-0.25, -0.2) is 4.98 Å². The van der Waals surface area contributed by atoms with Crippen LogP contribution in [0.5, 0.6) is 11.5 Å². The molecule has 0 bridgehead atoms. The highest BCUT2D eigenvalue weighted by molar-refractivity contribution is 9.10. The lowest BCUT2D eigenvalue weighted by molar-refractivity contribution is 0.102. The van der Waals surface area contributed by atoms with Crippen molar-refractivity contribution < 1.29 is 18.7 Å². The average Bonchev–Trinajstić information content (AvgIpc) is 3.30. The number of aromatic nitrogens is 1. The highest BCUT2D eigenvalue weighted by atomic mass is 79.9. The summed E-state index contributed by atoms with van der Waals surface area (Å²) in [6.07, 6.45) is 1.66. The molecule has 1 N–H and O–H groups in total. The van der Waals surface area contributed by atoms with Gasteiger partial charge in [-0.2, -0.15) is 0 Å². The smallest absolute Gasteiger partial charge is 0.256 e. The molecular weight excluding hydrogens is 460 g/mol. The molecule has 4 aromatic rings. The predicted molar refractivity (Wildman–Crippen MR) is 120 cm³/mol. The topological polar surface area (TPSA) is 73.6 Å². The Morgan fingerprint density at radius 1 is 0.935 bits per heavy atom. The van der Waals surface area contributed by atoms with E-state index in [1.54, 1.807) is 30.5 Å². The van der Waals surface area contributed by atoms with Gasteiger partial charge in [-0.15, -0.1) is 0 Å². The molecule has 2 heterocycles. The maximum Gasteiger partial charge on any atom is 0.256 e. The van der Waals surface area contributed by atoms with Crippen LogP contribution in [0, 0.1) is 0 Å². The number of nitrogens with zero attached hydrogens (tertiary/aromatic N) is 1. The maximum absolute atomic E-state index is 13.1. The van der Waals surface area contributed by atoms with Crippen LogP contribution in [0.2, 0.25) is 0 Å². The molecular formula is C24H17BrN2O4. The lowest BCUT2D eigenvalue weighted by atomic mass is 10.1. The van der Waals surface area contributed by atoms with E-state index in [0.29, 0.717) is 57.7 Å². The second-order valence-corrected chi connectivity index (χ2v) is 7.73. The third-order valence-electron chi connectivity index (χ3n) is 4.85. The molecule has 0 unspecified atom stereocenters. The van der Waals surface area contributed by atoms with E-state index in [0.717, 1.165) is 5.56 Å². The van der Waals surface area contributed by atoms with Crippen LogP contribution in [0.15, 0.2) is 81.8 Å². The van der Waals surface area contributed by atoms with Gasteiger partial charge in [0.05, 0.1) is 17.4 Å². The molecule has 0 atom stereocenters. The number of carbonyl (C=O) groups is 1. The zero-order valence-electron chi connectivity index (χ0n) is 16.3. The average molecular weight is 477 g/mol. The van der Waals surface area contributed by atoms with Gasteiger partial charge >= 0.3 is 0 Å². The molecule has 1 aliphatic heterocycles. The number of hydrogen-bond acceptors (Lipinski definition) is 5. The second-order valence-electron chi connectivity index (χ2n) is 6.87. The molecule has 31 heavy (non-hydrogen) atoms. The second kappa shape index (κ2) is 8.28. The summed E-state index contributed by atoms with van der Waals surface area (Å²) in [5.41, 5.74) is 2.56. The minimum Gasteiger partial charge on any atom is -0.486 e. The lowest BCUT2D eigenvalue weighted by Crippen LogP contribution is -2.17. The fourth-order valence-electron chi connectivity index (χ4n) is 3.35. The minimum atomic E-state index is -0.285. The van der Waals surface area contributed by atoms with Crippen LogP contribution >= 0.6 is 15.9 Å². The number of nitrogens with one attached hydrogen (secondary N) is 1. The number of amides is 1. The van der Waals surface area contributed by atoms with E-state index < -0.39 is 0 Å². The van der Waals surface area contributed by atoms with Crippen molar-refractivity contribution >= 4 is 27.5 Å². The molecule has 1 aliphatic rings. The van der Waals surface area contributed by atoms with Crippen molar-refractivity contribution in [2.24, 2.45) is 0 Å². The summed E-state index contributed by atoms with van der Waals surface area (Å²) in [6, 6.07) is 20.4. The highest BCUT2D eigenvalue weighted by Gasteiger charge is 2.20. The lowest BCUT2D eigenvalue weighted by Gasteiger charge is -2.20. The number of halogens is 1. The van der Waals surface area contributed by atoms with Crippen LogP contribution in [-0.2, 0) is 0 Å². The molecule has 6 nitrogen and oxygen atoms in total. The molecule has 0 radical (unpaired) electrons. The van der Waals surface area contributed by atoms with E-state index in [1.165, 1.54) is 0 Å². The molecule has 0 saturated carbocycles. The summed E-state index contributed by atoms with van der Waals surface area (Å²) in [4.78, 5) is 17.5. The minimum absolute atomic E-state index is 0.285. The first-order chi connectivity index (χ1) is 15.2. The van der Waals surface area contributed by atoms with Crippen LogP contribution < -0.4 is 14.8 Å². The van der Waals surface area contributed by atoms with E-state index >= 15 is 0 Å². The SMILES string of the molecule is O=C(Nc1cc2c(cc1Br)OCCO2)c1ccccc1-c1ncc(-c2ccccc2)o1. The molecule has 0 fully saturated rings. The number of carbonyl (C=O) groups excluding carboxylic acids is 1. The first-order valence-corrected chi connectivity index (χ1v) is 10.5. The molecule has 1 amide bonds. The van der Waals surface area contributed by atoms with E-state index in [9.17, 15) is 4.79 Å². The first-order valence-electron chi connectivity index (χ1n) is 9.70. The summed E-state index contributed by atoms with van der Waals surface area (Å²) in [5, 5.41) is 2.93. The van der Waals surface area contributed by atoms with Crippen LogP contribution in [0.1, 0.15) is 10.4 Å². The van der Waals surface area contributed by atoms with E-state index in [-0.39, 0.29) is 5.91 Å². The van der Waals surface area contributed by atoms with Crippen molar-refractivity contribution in [1.82, 2.24) is 4.98 Å². The fraction of sp³-hybridized carbons (Fsp3) is 0.0833. The Morgan fingerprint density at radius 3 is 2.45 bits per heavy atom. The standard InChI is InChI=1S/C24H17BrN2O4/c25-18-12-20-21(30-11-10-29-20)13-19(18)27-23(28)16-8-4-5-9-17(16)24-26-14-22(31-24)15-6-2-1-3-7-15/h1-9,12-14H,10-11H2,(H,27,28). The van der Waals surface area contributed by atoms with Gasteiger partial charge in [-0.1, -0.05) is 42.5 Å². The van der Waals surface area contributed by atoms with Gasteiger partial charge < -0.3 is 19.2 Å². The molecule has 0 spiro atoms. The zero-order chi connectivity index (χ0) is 21.2. The molecule has 154 valence electrons. The van der Waals surface area contributed by atoms with Crippen molar-refractivity contribution in [1.29, 1.82) is 0 Å². The molecule has 1 aromatic heterocycles. The number of ether oxygens (including phenoxy) is 2. The normalized spacial score (nSPS) is 12.4. The van der Waals surface area contributed by atoms with Crippen molar-refractivity contribution in [2.75, 3.05) is 18.5 Å². The van der Waals surface area contributed by atoms with E-state index in [2.05, 4.69) is 26.2 Å². The van der Waals surface area contributed by atoms with Gasteiger partial charge in [0.15, 0.2) is 17.3 Å². The van der Waals surface area contributed by atoms with E-state index in [1.807, 2.05) is 42.5 Å². The summed E-state index contributed by atoms with van der Waals surface area (Å²) < 4.78 is 17.9. The largest absolute Gasteiger partial charge is 0.486 e. The summed E-state index contributed by atoms with van der Waals surface area (Å²) in [5.74, 6) is 1.97. The number of oxazole rings is 1. The monoisotopic (exact) mass is 476 g/mol. The first kappa shape index (κ1) is 19.4. The predicted octanol–water partition coefficient (Wildman–Crippen LogP) is 5.79. The van der Waals surface area contributed by atoms with Crippen molar-refractivity contribution in [2.45, 2.75) is 0 Å². The summed E-state index contributed by atoms with van der Waals surface area (Å²) in [6.45, 7) is 0.971. The Hall–Kier alpha value is -3.58. The van der Waals surface area contributed by atoms with E-state index in [4.69, 9.17) is 13.9 Å². The Labute approximate surface area is 187 Å². The van der Waals surface area contributed by atoms with Crippen molar-refractivity contribution in [3.05, 3.63) is 83.0 Å². The van der Waals surface area contributed by atoms with Gasteiger partial charge in [0, 0.05) is 27.7 Å². The molecule has 0 aliphatic carbocycles. The van der Waals surface area contributed by atoms with Crippen LogP contribution in [0.25, 0.3) is 22.8 Å². The van der Waals surface area contributed by atoms with Crippen molar-refractivity contribution in [3.63, 3.8) is 0 Å². The van der Waals surface area contributed by atoms with Crippen LogP contribution in [0.3, 0.4) is 0 Å². The Bertz CT molecular complexity index is 1250. The third-order valence-corrected chi connectivity index (χ3v) is 5.50. The van der Waals surface area contributed by atoms with Gasteiger partial charge in [0.1, 0.15) is 13.2 Å². The molecule has 7 heteroatoms. The van der Waals surface area contributed by atoms with Crippen molar-refractivity contribution in [3.8, 4) is 34.3 Å². The maximum atomic E-state index is 13.1. The Kier molecular flexibility index (Phi) is 5.18. The van der Waals surface area contributed by atoms with Crippen LogP contribution in [0.4, 0.5) is 5.69 Å². The van der Waals surface area contributed by atoms with Gasteiger partial charge in [-0.3, -0.25) is 4.79 Å². The molecule has 0 saturated heterocycles. The molecule has 3 aromatic carbocycles. The third kappa shape index (κ3) is 3.92. The van der Waals surface area contributed by atoms with Gasteiger partial charge in [-0.05, 0) is 28.1 Å². The quantitative estimate of drug-likeness (QED) is 0.403. The fourth-order valence-corrected chi connectivity index (χ4v) is 3.77. The van der Waals surface area contributed by atoms with Gasteiger partial charge in [0.25, 0.3) is 5.91 Å². The number of rotatable bonds is 4. The zero-order valence-corrected chi connectivity index (χ0v) is 17.9. The highest BCUT2D eigenvalue weighted by Crippen LogP contribution is 2.38. The summed E-state index contributed by atoms with van der Waals surface area (Å²) in [7, 11) is 0. The molecule has 5 rings (SSSR count). The number of fused-ring (bicyclic) bond motifs is 1. The number of hydrogen-bond donors (Lipinski definition) is 1. The Morgan fingerprint density at radius 2 is 1.65 bits per heavy atom. The van der Waals surface area contributed by atoms with Gasteiger partial charge in [0.2, 0.25) is 5.89 Å². The summed E-state index contributed by atoms with van der Waals surface area (Å²) >= 11 is 3.49. The Balaban J connectivity index is 1.45. The number of anilines is 1. The number of benzene rings is 3. The van der Waals surface area contributed by atoms with Crippen LogP contribution in [-0.4, -0.2) is 24.1 Å².